The number of thiocyanates is 1. The topological polar surface area (TPSA) is 90.2 Å². The Kier molecular flexibility index (Phi) is 4.38. The van der Waals surface area contributed by atoms with Gasteiger partial charge >= 0.3 is 0 Å². The third-order valence-corrected chi connectivity index (χ3v) is 1.74. The molecule has 0 aliphatic rings. The van der Waals surface area contributed by atoms with Crippen molar-refractivity contribution in [3.63, 3.8) is 0 Å². The number of nitrogens with zero attached hydrogens (tertiary/aromatic N) is 1. The summed E-state index contributed by atoms with van der Waals surface area (Å²) in [6.07, 6.45) is 0. The molecule has 0 saturated heterocycles. The molecule has 0 unspecified atom stereocenters. The Morgan fingerprint density at radius 3 is 2.70 bits per heavy atom. The summed E-state index contributed by atoms with van der Waals surface area (Å²) in [5.41, 5.74) is 0. The van der Waals surface area contributed by atoms with Crippen molar-refractivity contribution in [3.05, 3.63) is 0 Å². The van der Waals surface area contributed by atoms with E-state index in [1.165, 1.54) is 0 Å². The van der Waals surface area contributed by atoms with Crippen molar-refractivity contribution in [2.24, 2.45) is 0 Å². The van der Waals surface area contributed by atoms with Crippen LogP contribution >= 0.6 is 11.9 Å². The van der Waals surface area contributed by atoms with E-state index in [0.29, 0.717) is 0 Å². The van der Waals surface area contributed by atoms with Crippen molar-refractivity contribution in [2.75, 3.05) is 12.3 Å². The van der Waals surface area contributed by atoms with Crippen molar-refractivity contribution in [1.82, 2.24) is 4.72 Å². The first-order valence-corrected chi connectivity index (χ1v) is 4.72. The summed E-state index contributed by atoms with van der Waals surface area (Å²) in [6.45, 7) is 0.0665. The minimum Gasteiger partial charge on any atom is -0.286 e. The summed E-state index contributed by atoms with van der Waals surface area (Å²) in [5, 5.41) is 9.62. The maximum absolute atomic E-state index is 10.0. The van der Waals surface area contributed by atoms with Gasteiger partial charge in [0.15, 0.2) is 0 Å². The number of rotatable bonds is 4. The fourth-order valence-electron chi connectivity index (χ4n) is 0.254. The van der Waals surface area contributed by atoms with Crippen LogP contribution in [0.25, 0.3) is 0 Å². The quantitative estimate of drug-likeness (QED) is 0.266. The number of nitriles is 1. The lowest BCUT2D eigenvalue weighted by molar-refractivity contribution is 0.483. The molecule has 7 heteroatoms. The summed E-state index contributed by atoms with van der Waals surface area (Å²) in [4.78, 5) is 0. The standard InChI is InChI=1S/C3H6N2O3S2/c4-3-9-5-1-2-10(6,7)8/h5H,1-2H2,(H,6,7,8). The van der Waals surface area contributed by atoms with Crippen LogP contribution in [0.1, 0.15) is 0 Å². The van der Waals surface area contributed by atoms with Crippen LogP contribution in [0.5, 0.6) is 0 Å². The van der Waals surface area contributed by atoms with Gasteiger partial charge in [-0.05, 0) is 0 Å². The van der Waals surface area contributed by atoms with Gasteiger partial charge in [-0.25, -0.2) is 0 Å². The molecule has 5 nitrogen and oxygen atoms in total. The highest BCUT2D eigenvalue weighted by Gasteiger charge is 2.01. The lowest BCUT2D eigenvalue weighted by Crippen LogP contribution is -2.16. The molecule has 0 aliphatic heterocycles. The molecule has 0 aromatic heterocycles. The van der Waals surface area contributed by atoms with Crippen LogP contribution in [0.3, 0.4) is 0 Å². The molecule has 0 atom stereocenters. The van der Waals surface area contributed by atoms with E-state index in [1.807, 2.05) is 0 Å². The van der Waals surface area contributed by atoms with Gasteiger partial charge < -0.3 is 0 Å². The van der Waals surface area contributed by atoms with Crippen LogP contribution in [0.15, 0.2) is 0 Å². The average molecular weight is 182 g/mol. The molecule has 0 rings (SSSR count). The van der Waals surface area contributed by atoms with Crippen LogP contribution in [-0.4, -0.2) is 25.3 Å². The molecule has 2 N–H and O–H groups in total. The van der Waals surface area contributed by atoms with Crippen molar-refractivity contribution < 1.29 is 13.0 Å². The Labute approximate surface area is 63.3 Å². The van der Waals surface area contributed by atoms with Gasteiger partial charge in [-0.2, -0.15) is 13.7 Å². The van der Waals surface area contributed by atoms with Crippen LogP contribution in [0.2, 0.25) is 0 Å². The minimum atomic E-state index is -3.89. The van der Waals surface area contributed by atoms with E-state index >= 15 is 0 Å². The lowest BCUT2D eigenvalue weighted by Gasteiger charge is -1.94. The highest BCUT2D eigenvalue weighted by atomic mass is 32.2. The normalized spacial score (nSPS) is 10.8. The molecule has 58 valence electrons. The third kappa shape index (κ3) is 7.71. The highest BCUT2D eigenvalue weighted by molar-refractivity contribution is 8.01. The minimum absolute atomic E-state index is 0.0665. The van der Waals surface area contributed by atoms with E-state index in [-0.39, 0.29) is 12.3 Å². The van der Waals surface area contributed by atoms with E-state index in [4.69, 9.17) is 9.81 Å². The van der Waals surface area contributed by atoms with Crippen LogP contribution in [-0.2, 0) is 10.1 Å². The Bertz CT molecular complexity index is 216. The molecule has 0 spiro atoms. The van der Waals surface area contributed by atoms with Gasteiger partial charge in [0.2, 0.25) is 0 Å². The SMILES string of the molecule is N#CSNCCS(=O)(=O)O. The Balaban J connectivity index is 3.32. The number of hydrogen-bond acceptors (Lipinski definition) is 5. The van der Waals surface area contributed by atoms with Gasteiger partial charge in [-0.15, -0.1) is 0 Å². The van der Waals surface area contributed by atoms with Crippen LogP contribution in [0, 0.1) is 10.7 Å². The monoisotopic (exact) mass is 182 g/mol. The summed E-state index contributed by atoms with van der Waals surface area (Å²) < 4.78 is 30.6. The van der Waals surface area contributed by atoms with Crippen molar-refractivity contribution in [3.8, 4) is 5.40 Å². The van der Waals surface area contributed by atoms with Crippen molar-refractivity contribution in [1.29, 1.82) is 5.26 Å². The molecule has 0 aromatic rings. The molecule has 0 aromatic carbocycles. The second-order valence-corrected chi connectivity index (χ2v) is 3.62. The lowest BCUT2D eigenvalue weighted by atomic mass is 10.8. The molecular weight excluding hydrogens is 176 g/mol. The zero-order valence-electron chi connectivity index (χ0n) is 4.94. The van der Waals surface area contributed by atoms with E-state index in [0.717, 1.165) is 11.9 Å². The third-order valence-electron chi connectivity index (χ3n) is 0.580. The van der Waals surface area contributed by atoms with E-state index in [9.17, 15) is 8.42 Å². The van der Waals surface area contributed by atoms with Gasteiger partial charge in [-0.1, -0.05) is 0 Å². The van der Waals surface area contributed by atoms with E-state index in [1.54, 1.807) is 5.40 Å². The maximum atomic E-state index is 10.0. The van der Waals surface area contributed by atoms with E-state index in [2.05, 4.69) is 4.72 Å². The first kappa shape index (κ1) is 9.71. The number of hydrogen-bond donors (Lipinski definition) is 2. The molecule has 0 aliphatic carbocycles. The maximum Gasteiger partial charge on any atom is 0.266 e. The molecular formula is C3H6N2O3S2. The summed E-state index contributed by atoms with van der Waals surface area (Å²) in [6, 6.07) is 0. The zero-order chi connectivity index (χ0) is 8.04. The molecule has 0 amide bonds. The summed E-state index contributed by atoms with van der Waals surface area (Å²) >= 11 is 0.729. The molecule has 0 radical (unpaired) electrons. The predicted molar refractivity (Wildman–Crippen MR) is 37.6 cm³/mol. The number of nitrogens with one attached hydrogen (secondary N) is 1. The Morgan fingerprint density at radius 2 is 2.30 bits per heavy atom. The molecule has 0 bridgehead atoms. The molecule has 10 heavy (non-hydrogen) atoms. The van der Waals surface area contributed by atoms with Gasteiger partial charge in [-0.3, -0.25) is 9.27 Å². The van der Waals surface area contributed by atoms with Crippen molar-refractivity contribution in [2.45, 2.75) is 0 Å². The zero-order valence-corrected chi connectivity index (χ0v) is 6.57. The smallest absolute Gasteiger partial charge is 0.266 e. The molecule has 0 saturated carbocycles. The summed E-state index contributed by atoms with van der Waals surface area (Å²) in [5.74, 6) is -0.373. The van der Waals surface area contributed by atoms with E-state index < -0.39 is 10.1 Å². The summed E-state index contributed by atoms with van der Waals surface area (Å²) in [7, 11) is -3.89. The predicted octanol–water partition coefficient (Wildman–Crippen LogP) is -0.407. The molecule has 0 heterocycles. The fourth-order valence-corrected chi connectivity index (χ4v) is 1.01. The van der Waals surface area contributed by atoms with Gasteiger partial charge in [0.05, 0.1) is 5.75 Å². The average Bonchev–Trinajstić information content (AvgIpc) is 1.78. The molecule has 0 fully saturated rings. The Hall–Kier alpha value is -0.290. The highest BCUT2D eigenvalue weighted by Crippen LogP contribution is 1.86. The van der Waals surface area contributed by atoms with Crippen LogP contribution < -0.4 is 4.72 Å². The van der Waals surface area contributed by atoms with Gasteiger partial charge in [0.1, 0.15) is 5.40 Å². The second-order valence-electron chi connectivity index (χ2n) is 1.37. The van der Waals surface area contributed by atoms with Crippen LogP contribution in [0.4, 0.5) is 0 Å². The first-order chi connectivity index (χ1) is 4.56. The Morgan fingerprint density at radius 1 is 1.70 bits per heavy atom. The van der Waals surface area contributed by atoms with Gasteiger partial charge in [0, 0.05) is 18.5 Å². The fraction of sp³-hybridized carbons (Fsp3) is 0.667. The van der Waals surface area contributed by atoms with Crippen molar-refractivity contribution >= 4 is 22.1 Å². The van der Waals surface area contributed by atoms with Gasteiger partial charge in [0.25, 0.3) is 10.1 Å². The largest absolute Gasteiger partial charge is 0.286 e. The second kappa shape index (κ2) is 4.51. The first-order valence-electron chi connectivity index (χ1n) is 2.29.